The fourth-order valence-corrected chi connectivity index (χ4v) is 2.79. The second-order valence-electron chi connectivity index (χ2n) is 5.08. The van der Waals surface area contributed by atoms with Crippen LogP contribution in [0.3, 0.4) is 0 Å². The molecule has 0 unspecified atom stereocenters. The quantitative estimate of drug-likeness (QED) is 0.788. The van der Waals surface area contributed by atoms with Crippen molar-refractivity contribution in [3.8, 4) is 0 Å². The van der Waals surface area contributed by atoms with Crippen LogP contribution in [0.5, 0.6) is 0 Å². The van der Waals surface area contributed by atoms with Crippen molar-refractivity contribution in [1.29, 1.82) is 0 Å². The van der Waals surface area contributed by atoms with Gasteiger partial charge in [0.2, 0.25) is 0 Å². The molecule has 0 bridgehead atoms. The maximum absolute atomic E-state index is 3.27. The highest BCUT2D eigenvalue weighted by Crippen LogP contribution is 2.19. The highest BCUT2D eigenvalue weighted by atomic mass is 32.1. The summed E-state index contributed by atoms with van der Waals surface area (Å²) < 4.78 is 0. The summed E-state index contributed by atoms with van der Waals surface area (Å²) in [6, 6.07) is 4.35. The van der Waals surface area contributed by atoms with Crippen LogP contribution in [0.1, 0.15) is 25.6 Å². The number of nitrogens with one attached hydrogen (secondary N) is 1. The van der Waals surface area contributed by atoms with E-state index in [1.54, 1.807) is 0 Å². The smallest absolute Gasteiger partial charge is 0.0328 e. The first kappa shape index (κ1) is 13.7. The SMILES string of the molecule is CCN(Cc1cccs1)CC(C)(C)CNC. The molecule has 0 amide bonds. The predicted molar refractivity (Wildman–Crippen MR) is 73.0 cm³/mol. The Kier molecular flexibility index (Phi) is 5.46. The summed E-state index contributed by atoms with van der Waals surface area (Å²) in [7, 11) is 2.03. The van der Waals surface area contributed by atoms with E-state index in [4.69, 9.17) is 0 Å². The van der Waals surface area contributed by atoms with Crippen molar-refractivity contribution in [3.63, 3.8) is 0 Å². The largest absolute Gasteiger partial charge is 0.319 e. The minimum absolute atomic E-state index is 0.335. The fourth-order valence-electron chi connectivity index (χ4n) is 2.04. The number of hydrogen-bond acceptors (Lipinski definition) is 3. The topological polar surface area (TPSA) is 15.3 Å². The van der Waals surface area contributed by atoms with E-state index in [-0.39, 0.29) is 0 Å². The molecule has 0 saturated carbocycles. The van der Waals surface area contributed by atoms with Crippen LogP contribution in [0.4, 0.5) is 0 Å². The van der Waals surface area contributed by atoms with Crippen molar-refractivity contribution in [2.45, 2.75) is 27.3 Å². The summed E-state index contributed by atoms with van der Waals surface area (Å²) in [4.78, 5) is 3.98. The molecule has 0 aliphatic carbocycles. The molecule has 1 heterocycles. The van der Waals surface area contributed by atoms with Crippen LogP contribution in [-0.2, 0) is 6.54 Å². The first-order chi connectivity index (χ1) is 7.57. The molecular formula is C13H24N2S. The van der Waals surface area contributed by atoms with Gasteiger partial charge in [-0.25, -0.2) is 0 Å². The lowest BCUT2D eigenvalue weighted by Gasteiger charge is -2.31. The van der Waals surface area contributed by atoms with Crippen LogP contribution in [0.15, 0.2) is 17.5 Å². The van der Waals surface area contributed by atoms with Gasteiger partial charge in [-0.2, -0.15) is 0 Å². The van der Waals surface area contributed by atoms with E-state index in [1.165, 1.54) is 4.88 Å². The van der Waals surface area contributed by atoms with Crippen molar-refractivity contribution >= 4 is 11.3 Å². The summed E-state index contributed by atoms with van der Waals surface area (Å²) in [5, 5.41) is 5.43. The van der Waals surface area contributed by atoms with Crippen LogP contribution in [0.25, 0.3) is 0 Å². The van der Waals surface area contributed by atoms with Crippen molar-refractivity contribution in [1.82, 2.24) is 10.2 Å². The molecule has 92 valence electrons. The molecule has 0 aliphatic rings. The summed E-state index contributed by atoms with van der Waals surface area (Å²) in [5.41, 5.74) is 0.335. The lowest BCUT2D eigenvalue weighted by Crippen LogP contribution is -2.39. The van der Waals surface area contributed by atoms with Gasteiger partial charge in [0.05, 0.1) is 0 Å². The summed E-state index contributed by atoms with van der Waals surface area (Å²) in [6.45, 7) is 11.3. The second kappa shape index (κ2) is 6.38. The maximum Gasteiger partial charge on any atom is 0.0328 e. The predicted octanol–water partition coefficient (Wildman–Crippen LogP) is 2.82. The molecule has 1 aromatic heterocycles. The van der Waals surface area contributed by atoms with E-state index in [1.807, 2.05) is 18.4 Å². The molecule has 2 nitrogen and oxygen atoms in total. The molecule has 1 aromatic rings. The third kappa shape index (κ3) is 4.64. The average Bonchev–Trinajstić information content (AvgIpc) is 2.69. The Morgan fingerprint density at radius 3 is 2.69 bits per heavy atom. The Balaban J connectivity index is 2.48. The zero-order valence-electron chi connectivity index (χ0n) is 10.9. The Bertz CT molecular complexity index is 280. The molecule has 0 fully saturated rings. The highest BCUT2D eigenvalue weighted by molar-refractivity contribution is 7.09. The molecule has 1 rings (SSSR count). The Morgan fingerprint density at radius 2 is 2.19 bits per heavy atom. The van der Waals surface area contributed by atoms with E-state index >= 15 is 0 Å². The van der Waals surface area contributed by atoms with Gasteiger partial charge in [-0.15, -0.1) is 11.3 Å². The van der Waals surface area contributed by atoms with Gasteiger partial charge in [-0.3, -0.25) is 4.90 Å². The van der Waals surface area contributed by atoms with Gasteiger partial charge in [0.1, 0.15) is 0 Å². The van der Waals surface area contributed by atoms with Crippen molar-refractivity contribution < 1.29 is 0 Å². The number of thiophene rings is 1. The van der Waals surface area contributed by atoms with Gasteiger partial charge >= 0.3 is 0 Å². The lowest BCUT2D eigenvalue weighted by atomic mass is 9.92. The summed E-state index contributed by atoms with van der Waals surface area (Å²) in [5.74, 6) is 0. The van der Waals surface area contributed by atoms with E-state index < -0.39 is 0 Å². The molecule has 1 N–H and O–H groups in total. The lowest BCUT2D eigenvalue weighted by molar-refractivity contribution is 0.178. The van der Waals surface area contributed by atoms with Gasteiger partial charge < -0.3 is 5.32 Å². The van der Waals surface area contributed by atoms with Crippen LogP contribution >= 0.6 is 11.3 Å². The molecular weight excluding hydrogens is 216 g/mol. The van der Waals surface area contributed by atoms with Gasteiger partial charge in [0.25, 0.3) is 0 Å². The molecule has 0 spiro atoms. The van der Waals surface area contributed by atoms with E-state index in [0.29, 0.717) is 5.41 Å². The minimum Gasteiger partial charge on any atom is -0.319 e. The van der Waals surface area contributed by atoms with Crippen molar-refractivity contribution in [2.75, 3.05) is 26.7 Å². The van der Waals surface area contributed by atoms with Crippen molar-refractivity contribution in [2.24, 2.45) is 5.41 Å². The fraction of sp³-hybridized carbons (Fsp3) is 0.692. The highest BCUT2D eigenvalue weighted by Gasteiger charge is 2.20. The van der Waals surface area contributed by atoms with Crippen LogP contribution < -0.4 is 5.32 Å². The Hall–Kier alpha value is -0.380. The molecule has 16 heavy (non-hydrogen) atoms. The number of nitrogens with zero attached hydrogens (tertiary/aromatic N) is 1. The van der Waals surface area contributed by atoms with Gasteiger partial charge in [0, 0.05) is 24.5 Å². The van der Waals surface area contributed by atoms with E-state index in [0.717, 1.165) is 26.2 Å². The Morgan fingerprint density at radius 1 is 1.44 bits per heavy atom. The van der Waals surface area contributed by atoms with E-state index in [2.05, 4.69) is 48.5 Å². The monoisotopic (exact) mass is 240 g/mol. The average molecular weight is 240 g/mol. The molecule has 3 heteroatoms. The van der Waals surface area contributed by atoms with Gasteiger partial charge in [-0.1, -0.05) is 26.8 Å². The Labute approximate surface area is 104 Å². The molecule has 0 aromatic carbocycles. The first-order valence-electron chi connectivity index (χ1n) is 5.97. The summed E-state index contributed by atoms with van der Waals surface area (Å²) in [6.07, 6.45) is 0. The third-order valence-electron chi connectivity index (χ3n) is 2.71. The second-order valence-corrected chi connectivity index (χ2v) is 6.11. The minimum atomic E-state index is 0.335. The zero-order chi connectivity index (χ0) is 12.0. The first-order valence-corrected chi connectivity index (χ1v) is 6.84. The molecule has 0 radical (unpaired) electrons. The van der Waals surface area contributed by atoms with Gasteiger partial charge in [-0.05, 0) is 30.5 Å². The standard InChI is InChI=1S/C13H24N2S/c1-5-15(9-12-7-6-8-16-12)11-13(2,3)10-14-4/h6-8,14H,5,9-11H2,1-4H3. The third-order valence-corrected chi connectivity index (χ3v) is 3.57. The maximum atomic E-state index is 3.27. The zero-order valence-corrected chi connectivity index (χ0v) is 11.7. The van der Waals surface area contributed by atoms with Crippen LogP contribution in [0, 0.1) is 5.41 Å². The number of rotatable bonds is 7. The van der Waals surface area contributed by atoms with Gasteiger partial charge in [0.15, 0.2) is 0 Å². The van der Waals surface area contributed by atoms with Crippen molar-refractivity contribution in [3.05, 3.63) is 22.4 Å². The number of hydrogen-bond donors (Lipinski definition) is 1. The molecule has 0 saturated heterocycles. The van der Waals surface area contributed by atoms with Crippen LogP contribution in [-0.4, -0.2) is 31.6 Å². The molecule has 0 aliphatic heterocycles. The molecule has 0 atom stereocenters. The van der Waals surface area contributed by atoms with E-state index in [9.17, 15) is 0 Å². The summed E-state index contributed by atoms with van der Waals surface area (Å²) >= 11 is 1.85. The normalized spacial score (nSPS) is 12.3. The van der Waals surface area contributed by atoms with Crippen LogP contribution in [0.2, 0.25) is 0 Å².